The number of para-hydroxylation sites is 1. The Hall–Kier alpha value is -1.29. The van der Waals surface area contributed by atoms with Gasteiger partial charge in [-0.3, -0.25) is 0 Å². The quantitative estimate of drug-likeness (QED) is 0.792. The molecular weight excluding hydrogens is 242 g/mol. The first-order valence-corrected chi connectivity index (χ1v) is 5.03. The Morgan fingerprint density at radius 1 is 1.43 bits per heavy atom. The highest BCUT2D eigenvalue weighted by atomic mass is 79.9. The lowest BCUT2D eigenvalue weighted by Gasteiger charge is -2.08. The highest BCUT2D eigenvalue weighted by Crippen LogP contribution is 2.21. The van der Waals surface area contributed by atoms with Gasteiger partial charge in [0.25, 0.3) is 0 Å². The van der Waals surface area contributed by atoms with E-state index in [1.54, 1.807) is 10.9 Å². The second-order valence-corrected chi connectivity index (χ2v) is 4.03. The first-order valence-electron chi connectivity index (χ1n) is 4.24. The number of anilines is 1. The van der Waals surface area contributed by atoms with E-state index in [-0.39, 0.29) is 0 Å². The third-order valence-corrected chi connectivity index (χ3v) is 2.46. The van der Waals surface area contributed by atoms with E-state index < -0.39 is 0 Å². The maximum absolute atomic E-state index is 5.89. The minimum absolute atomic E-state index is 0.737. The number of rotatable bonds is 1. The van der Waals surface area contributed by atoms with Gasteiger partial charge >= 0.3 is 0 Å². The van der Waals surface area contributed by atoms with Crippen molar-refractivity contribution >= 4 is 21.6 Å². The molecule has 14 heavy (non-hydrogen) atoms. The first-order chi connectivity index (χ1) is 6.68. The molecule has 0 aliphatic heterocycles. The second-order valence-electron chi connectivity index (χ2n) is 3.12. The van der Waals surface area contributed by atoms with Crippen molar-refractivity contribution in [2.24, 2.45) is 0 Å². The van der Waals surface area contributed by atoms with Crippen LogP contribution in [-0.4, -0.2) is 9.78 Å². The van der Waals surface area contributed by atoms with Crippen molar-refractivity contribution in [3.63, 3.8) is 0 Å². The van der Waals surface area contributed by atoms with Crippen LogP contribution in [0.5, 0.6) is 0 Å². The molecular formula is C10H10BrN3. The maximum atomic E-state index is 5.89. The van der Waals surface area contributed by atoms with Crippen molar-refractivity contribution in [1.82, 2.24) is 9.78 Å². The zero-order chi connectivity index (χ0) is 10.1. The van der Waals surface area contributed by atoms with Crippen molar-refractivity contribution in [2.45, 2.75) is 6.92 Å². The van der Waals surface area contributed by atoms with Gasteiger partial charge in [-0.05, 0) is 34.5 Å². The van der Waals surface area contributed by atoms with Gasteiger partial charge in [-0.2, -0.15) is 5.10 Å². The van der Waals surface area contributed by atoms with Gasteiger partial charge < -0.3 is 5.73 Å². The topological polar surface area (TPSA) is 43.8 Å². The molecule has 1 heterocycles. The maximum Gasteiger partial charge on any atom is 0.0904 e. The van der Waals surface area contributed by atoms with Crippen LogP contribution in [0.25, 0.3) is 5.69 Å². The van der Waals surface area contributed by atoms with Gasteiger partial charge in [-0.25, -0.2) is 4.68 Å². The average molecular weight is 252 g/mol. The molecule has 0 amide bonds. The van der Waals surface area contributed by atoms with Crippen molar-refractivity contribution in [1.29, 1.82) is 0 Å². The molecule has 2 N–H and O–H groups in total. The van der Waals surface area contributed by atoms with E-state index in [2.05, 4.69) is 21.0 Å². The molecule has 0 fully saturated rings. The average Bonchev–Trinajstić information content (AvgIpc) is 2.51. The van der Waals surface area contributed by atoms with Crippen LogP contribution in [0.1, 0.15) is 5.56 Å². The highest BCUT2D eigenvalue weighted by molar-refractivity contribution is 9.10. The Bertz CT molecular complexity index is 442. The van der Waals surface area contributed by atoms with Gasteiger partial charge in [-0.1, -0.05) is 12.1 Å². The monoisotopic (exact) mass is 251 g/mol. The lowest BCUT2D eigenvalue weighted by molar-refractivity contribution is 0.875. The number of hydrogen-bond donors (Lipinski definition) is 1. The molecule has 0 aliphatic carbocycles. The molecule has 0 saturated heterocycles. The molecule has 2 rings (SSSR count). The van der Waals surface area contributed by atoms with Gasteiger partial charge in [0.15, 0.2) is 0 Å². The van der Waals surface area contributed by atoms with Gasteiger partial charge in [0, 0.05) is 6.20 Å². The van der Waals surface area contributed by atoms with Crippen LogP contribution < -0.4 is 5.73 Å². The summed E-state index contributed by atoms with van der Waals surface area (Å²) < 4.78 is 2.72. The Morgan fingerprint density at radius 3 is 2.79 bits per heavy atom. The summed E-state index contributed by atoms with van der Waals surface area (Å²) in [6.07, 6.45) is 3.63. The number of benzene rings is 1. The fourth-order valence-electron chi connectivity index (χ4n) is 1.42. The van der Waals surface area contributed by atoms with E-state index in [0.29, 0.717) is 0 Å². The van der Waals surface area contributed by atoms with E-state index in [1.165, 1.54) is 0 Å². The van der Waals surface area contributed by atoms with Gasteiger partial charge in [0.2, 0.25) is 0 Å². The summed E-state index contributed by atoms with van der Waals surface area (Å²) in [5.74, 6) is 0. The van der Waals surface area contributed by atoms with Crippen LogP contribution in [0.15, 0.2) is 35.1 Å². The first kappa shape index (κ1) is 9.27. The molecule has 0 spiro atoms. The number of nitrogens with two attached hydrogens (primary N) is 1. The normalized spacial score (nSPS) is 10.4. The predicted octanol–water partition coefficient (Wildman–Crippen LogP) is 2.53. The summed E-state index contributed by atoms with van der Waals surface area (Å²) in [5, 5.41) is 4.20. The summed E-state index contributed by atoms with van der Waals surface area (Å²) in [6, 6.07) is 5.83. The highest BCUT2D eigenvalue weighted by Gasteiger charge is 2.05. The summed E-state index contributed by atoms with van der Waals surface area (Å²) in [6.45, 7) is 2.02. The summed E-state index contributed by atoms with van der Waals surface area (Å²) >= 11 is 3.35. The van der Waals surface area contributed by atoms with Gasteiger partial charge in [0.1, 0.15) is 0 Å². The minimum Gasteiger partial charge on any atom is -0.397 e. The Morgan fingerprint density at radius 2 is 2.21 bits per heavy atom. The van der Waals surface area contributed by atoms with E-state index in [1.807, 2.05) is 31.3 Å². The van der Waals surface area contributed by atoms with Crippen molar-refractivity contribution in [2.75, 3.05) is 5.73 Å². The van der Waals surface area contributed by atoms with Crippen LogP contribution >= 0.6 is 15.9 Å². The smallest absolute Gasteiger partial charge is 0.0904 e. The Labute approximate surface area is 90.7 Å². The van der Waals surface area contributed by atoms with E-state index in [9.17, 15) is 0 Å². The second kappa shape index (κ2) is 3.46. The van der Waals surface area contributed by atoms with Crippen LogP contribution in [0.2, 0.25) is 0 Å². The lowest BCUT2D eigenvalue weighted by Crippen LogP contribution is -2.02. The van der Waals surface area contributed by atoms with Crippen molar-refractivity contribution in [3.05, 3.63) is 40.6 Å². The molecule has 72 valence electrons. The van der Waals surface area contributed by atoms with Crippen molar-refractivity contribution in [3.8, 4) is 5.69 Å². The molecule has 3 nitrogen and oxygen atoms in total. The SMILES string of the molecule is Cc1cccc(N)c1-n1cc(Br)cn1. The fourth-order valence-corrected chi connectivity index (χ4v) is 1.70. The number of aryl methyl sites for hydroxylation is 1. The van der Waals surface area contributed by atoms with Gasteiger partial charge in [0.05, 0.1) is 22.0 Å². The summed E-state index contributed by atoms with van der Waals surface area (Å²) in [5.41, 5.74) is 8.68. The molecule has 0 saturated carbocycles. The summed E-state index contributed by atoms with van der Waals surface area (Å²) in [4.78, 5) is 0. The standard InChI is InChI=1S/C10H10BrN3/c1-7-3-2-4-9(12)10(7)14-6-8(11)5-13-14/h2-6H,12H2,1H3. The fraction of sp³-hybridized carbons (Fsp3) is 0.100. The number of hydrogen-bond acceptors (Lipinski definition) is 2. The molecule has 0 radical (unpaired) electrons. The Kier molecular flexibility index (Phi) is 2.29. The predicted molar refractivity (Wildman–Crippen MR) is 60.4 cm³/mol. The minimum atomic E-state index is 0.737. The number of aromatic nitrogens is 2. The molecule has 1 aromatic carbocycles. The number of nitrogens with zero attached hydrogens (tertiary/aromatic N) is 2. The number of nitrogen functional groups attached to an aromatic ring is 1. The molecule has 4 heteroatoms. The van der Waals surface area contributed by atoms with Crippen LogP contribution in [0, 0.1) is 6.92 Å². The molecule has 2 aromatic rings. The zero-order valence-corrected chi connectivity index (χ0v) is 9.32. The zero-order valence-electron chi connectivity index (χ0n) is 7.74. The number of halogens is 1. The molecule has 0 atom stereocenters. The molecule has 0 aliphatic rings. The van der Waals surface area contributed by atoms with E-state index in [0.717, 1.165) is 21.4 Å². The Balaban J connectivity index is 2.61. The third-order valence-electron chi connectivity index (χ3n) is 2.05. The molecule has 1 aromatic heterocycles. The van der Waals surface area contributed by atoms with Crippen LogP contribution in [0.3, 0.4) is 0 Å². The van der Waals surface area contributed by atoms with Gasteiger partial charge in [-0.15, -0.1) is 0 Å². The molecule has 0 unspecified atom stereocenters. The third kappa shape index (κ3) is 1.53. The van der Waals surface area contributed by atoms with Crippen LogP contribution in [-0.2, 0) is 0 Å². The largest absolute Gasteiger partial charge is 0.397 e. The van der Waals surface area contributed by atoms with Crippen LogP contribution in [0.4, 0.5) is 5.69 Å². The molecule has 0 bridgehead atoms. The van der Waals surface area contributed by atoms with E-state index >= 15 is 0 Å². The van der Waals surface area contributed by atoms with Crippen molar-refractivity contribution < 1.29 is 0 Å². The summed E-state index contributed by atoms with van der Waals surface area (Å²) in [7, 11) is 0. The lowest BCUT2D eigenvalue weighted by atomic mass is 10.2. The van der Waals surface area contributed by atoms with E-state index in [4.69, 9.17) is 5.73 Å².